The number of Topliss-reactive ketones (excluding diaryl/α,β-unsaturated/α-hetero) is 1. The molecule has 1 fully saturated rings. The fraction of sp³-hybridized carbons (Fsp3) is 0.762. The zero-order valence-corrected chi connectivity index (χ0v) is 20.2. The Hall–Kier alpha value is -2.65. The SMILES string of the molecule is CC(=O)CN1CCN(CC(=O)O)CCN(CC(=O)O)CCN(CC(=O)O)CCN(CC(=O)O)CC1. The Bertz CT molecular complexity index is 577. The summed E-state index contributed by atoms with van der Waals surface area (Å²) in [7, 11) is 0. The molecule has 0 amide bonds. The van der Waals surface area contributed by atoms with E-state index >= 15 is 0 Å². The van der Waals surface area contributed by atoms with E-state index in [4.69, 9.17) is 0 Å². The number of carbonyl (C=O) groups excluding carboxylic acids is 1. The highest BCUT2D eigenvalue weighted by atomic mass is 16.4. The van der Waals surface area contributed by atoms with Gasteiger partial charge in [0.05, 0.1) is 32.7 Å². The minimum Gasteiger partial charge on any atom is -0.480 e. The number of rotatable bonds is 10. The van der Waals surface area contributed by atoms with E-state index in [0.717, 1.165) is 0 Å². The molecule has 1 rings (SSSR count). The van der Waals surface area contributed by atoms with E-state index < -0.39 is 23.9 Å². The summed E-state index contributed by atoms with van der Waals surface area (Å²) in [4.78, 5) is 65.5. The van der Waals surface area contributed by atoms with Crippen LogP contribution in [0.1, 0.15) is 6.92 Å². The van der Waals surface area contributed by atoms with Crippen LogP contribution in [0.25, 0.3) is 0 Å². The third kappa shape index (κ3) is 15.1. The van der Waals surface area contributed by atoms with E-state index in [9.17, 15) is 44.4 Å². The minimum absolute atomic E-state index is 0.0854. The Labute approximate surface area is 204 Å². The summed E-state index contributed by atoms with van der Waals surface area (Å²) in [5, 5.41) is 37.1. The maximum absolute atomic E-state index is 11.8. The number of ketones is 1. The van der Waals surface area contributed by atoms with Crippen molar-refractivity contribution < 1.29 is 44.4 Å². The summed E-state index contributed by atoms with van der Waals surface area (Å²) in [6.45, 7) is 3.43. The Balaban J connectivity index is 3.14. The van der Waals surface area contributed by atoms with Gasteiger partial charge in [-0.15, -0.1) is 0 Å². The van der Waals surface area contributed by atoms with Crippen molar-refractivity contribution in [2.45, 2.75) is 6.92 Å². The van der Waals surface area contributed by atoms with Gasteiger partial charge in [0.25, 0.3) is 0 Å². The van der Waals surface area contributed by atoms with Crippen molar-refractivity contribution in [2.24, 2.45) is 0 Å². The molecule has 0 unspecified atom stereocenters. The quantitative estimate of drug-likeness (QED) is 0.244. The van der Waals surface area contributed by atoms with Crippen molar-refractivity contribution in [1.29, 1.82) is 0 Å². The molecule has 0 aliphatic carbocycles. The zero-order chi connectivity index (χ0) is 26.4. The Morgan fingerprint density at radius 1 is 0.429 bits per heavy atom. The van der Waals surface area contributed by atoms with Crippen LogP contribution in [0.15, 0.2) is 0 Å². The van der Waals surface area contributed by atoms with E-state index in [1.165, 1.54) is 6.92 Å². The van der Waals surface area contributed by atoms with E-state index in [1.807, 2.05) is 4.90 Å². The normalized spacial score (nSPS) is 19.5. The number of carboxylic acids is 4. The highest BCUT2D eigenvalue weighted by molar-refractivity contribution is 5.77. The smallest absolute Gasteiger partial charge is 0.317 e. The van der Waals surface area contributed by atoms with E-state index in [0.29, 0.717) is 26.2 Å². The number of hydrogen-bond donors (Lipinski definition) is 4. The van der Waals surface area contributed by atoms with Crippen molar-refractivity contribution in [3.8, 4) is 0 Å². The molecule has 14 heteroatoms. The molecule has 35 heavy (non-hydrogen) atoms. The Kier molecular flexibility index (Phi) is 14.0. The molecule has 1 aliphatic rings. The molecule has 4 N–H and O–H groups in total. The average Bonchev–Trinajstić information content (AvgIpc) is 2.72. The maximum Gasteiger partial charge on any atom is 0.317 e. The Morgan fingerprint density at radius 2 is 0.600 bits per heavy atom. The number of carbonyl (C=O) groups is 5. The van der Waals surface area contributed by atoms with Crippen LogP contribution in [0.3, 0.4) is 0 Å². The van der Waals surface area contributed by atoms with Gasteiger partial charge in [0, 0.05) is 65.4 Å². The Morgan fingerprint density at radius 3 is 0.743 bits per heavy atom. The molecule has 0 atom stereocenters. The van der Waals surface area contributed by atoms with E-state index in [2.05, 4.69) is 0 Å². The summed E-state index contributed by atoms with van der Waals surface area (Å²) >= 11 is 0. The van der Waals surface area contributed by atoms with Crippen LogP contribution in [0.2, 0.25) is 0 Å². The molecule has 1 aliphatic heterocycles. The predicted molar refractivity (Wildman–Crippen MR) is 123 cm³/mol. The minimum atomic E-state index is -1.06. The second-order valence-electron chi connectivity index (χ2n) is 8.66. The van der Waals surface area contributed by atoms with Crippen molar-refractivity contribution >= 4 is 29.7 Å². The third-order valence-electron chi connectivity index (χ3n) is 5.54. The van der Waals surface area contributed by atoms with Gasteiger partial charge in [-0.05, 0) is 6.92 Å². The lowest BCUT2D eigenvalue weighted by Gasteiger charge is -2.29. The van der Waals surface area contributed by atoms with Crippen LogP contribution >= 0.6 is 0 Å². The number of carboxylic acid groups (broad SMARTS) is 4. The van der Waals surface area contributed by atoms with Gasteiger partial charge in [0.15, 0.2) is 0 Å². The summed E-state index contributed by atoms with van der Waals surface area (Å²) < 4.78 is 0. The lowest BCUT2D eigenvalue weighted by molar-refractivity contribution is -0.140. The van der Waals surface area contributed by atoms with Crippen LogP contribution in [-0.2, 0) is 24.0 Å². The average molecular weight is 504 g/mol. The van der Waals surface area contributed by atoms with Gasteiger partial charge in [0.2, 0.25) is 0 Å². The van der Waals surface area contributed by atoms with Crippen LogP contribution in [0, 0.1) is 0 Å². The largest absolute Gasteiger partial charge is 0.480 e. The summed E-state index contributed by atoms with van der Waals surface area (Å²) in [5.41, 5.74) is 0. The predicted octanol–water partition coefficient (Wildman–Crippen LogP) is -2.56. The molecule has 1 saturated heterocycles. The van der Waals surface area contributed by atoms with Gasteiger partial charge in [-0.1, -0.05) is 0 Å². The number of hydrogen-bond acceptors (Lipinski definition) is 10. The molecule has 0 aromatic rings. The summed E-state index contributed by atoms with van der Waals surface area (Å²) in [6, 6.07) is 0. The summed E-state index contributed by atoms with van der Waals surface area (Å²) in [5.74, 6) is -4.27. The van der Waals surface area contributed by atoms with E-state index in [1.54, 1.807) is 19.6 Å². The highest BCUT2D eigenvalue weighted by Gasteiger charge is 2.21. The fourth-order valence-electron chi connectivity index (χ4n) is 3.84. The first-order chi connectivity index (χ1) is 16.4. The molecular formula is C21H37N5O9. The van der Waals surface area contributed by atoms with E-state index in [-0.39, 0.29) is 77.8 Å². The second-order valence-corrected chi connectivity index (χ2v) is 8.66. The van der Waals surface area contributed by atoms with Gasteiger partial charge >= 0.3 is 23.9 Å². The van der Waals surface area contributed by atoms with Crippen LogP contribution in [0.5, 0.6) is 0 Å². The fourth-order valence-corrected chi connectivity index (χ4v) is 3.84. The van der Waals surface area contributed by atoms with Crippen LogP contribution in [-0.4, -0.2) is 173 Å². The standard InChI is InChI=1S/C21H37N5O9/c1-17(27)12-22-2-4-23(13-18(28)29)6-8-25(15-20(32)33)10-11-26(16-21(34)35)9-7-24(5-3-22)14-19(30)31/h2-16H2,1H3,(H,28,29)(H,30,31)(H,32,33)(H,34,35). The van der Waals surface area contributed by atoms with Gasteiger partial charge in [0.1, 0.15) is 5.78 Å². The van der Waals surface area contributed by atoms with Gasteiger partial charge in [-0.3, -0.25) is 48.5 Å². The molecule has 1 heterocycles. The third-order valence-corrected chi connectivity index (χ3v) is 5.54. The topological polar surface area (TPSA) is 182 Å². The van der Waals surface area contributed by atoms with Crippen LogP contribution < -0.4 is 0 Å². The number of aliphatic carboxylic acids is 4. The molecule has 0 bridgehead atoms. The van der Waals surface area contributed by atoms with Crippen molar-refractivity contribution in [1.82, 2.24) is 24.5 Å². The first-order valence-electron chi connectivity index (χ1n) is 11.4. The molecular weight excluding hydrogens is 466 g/mol. The number of nitrogens with zero attached hydrogens (tertiary/aromatic N) is 5. The van der Waals surface area contributed by atoms with Crippen molar-refractivity contribution in [3.63, 3.8) is 0 Å². The molecule has 0 aromatic carbocycles. The lowest BCUT2D eigenvalue weighted by Crippen LogP contribution is -2.45. The highest BCUT2D eigenvalue weighted by Crippen LogP contribution is 2.02. The molecule has 0 saturated carbocycles. The molecule has 0 radical (unpaired) electrons. The summed E-state index contributed by atoms with van der Waals surface area (Å²) in [6.07, 6.45) is 0. The molecule has 14 nitrogen and oxygen atoms in total. The second kappa shape index (κ2) is 16.1. The van der Waals surface area contributed by atoms with Gasteiger partial charge in [-0.25, -0.2) is 0 Å². The maximum atomic E-state index is 11.8. The molecule has 0 aromatic heterocycles. The lowest BCUT2D eigenvalue weighted by atomic mass is 10.3. The van der Waals surface area contributed by atoms with Crippen LogP contribution in [0.4, 0.5) is 0 Å². The monoisotopic (exact) mass is 503 g/mol. The van der Waals surface area contributed by atoms with Gasteiger partial charge in [-0.2, -0.15) is 0 Å². The first kappa shape index (κ1) is 30.4. The first-order valence-corrected chi connectivity index (χ1v) is 11.4. The van der Waals surface area contributed by atoms with Crippen molar-refractivity contribution in [2.75, 3.05) is 98.2 Å². The molecule has 200 valence electrons. The zero-order valence-electron chi connectivity index (χ0n) is 20.2. The molecule has 0 spiro atoms. The van der Waals surface area contributed by atoms with Crippen molar-refractivity contribution in [3.05, 3.63) is 0 Å². The van der Waals surface area contributed by atoms with Gasteiger partial charge < -0.3 is 20.4 Å².